The number of carbonyl (C=O) groups excluding carboxylic acids is 1. The van der Waals surface area contributed by atoms with Crippen LogP contribution in [0, 0.1) is 0 Å². The second kappa shape index (κ2) is 7.88. The fourth-order valence-corrected chi connectivity index (χ4v) is 4.48. The lowest BCUT2D eigenvalue weighted by atomic mass is 10.1. The van der Waals surface area contributed by atoms with Crippen molar-refractivity contribution in [3.8, 4) is 0 Å². The number of carbonyl (C=O) groups is 2. The quantitative estimate of drug-likeness (QED) is 0.383. The van der Waals surface area contributed by atoms with Crippen LogP contribution >= 0.6 is 24.0 Å². The summed E-state index contributed by atoms with van der Waals surface area (Å²) in [5.41, 5.74) is 1.12. The molecular weight excluding hydrogens is 358 g/mol. The summed E-state index contributed by atoms with van der Waals surface area (Å²) in [4.78, 5) is 25.2. The highest BCUT2D eigenvalue weighted by Gasteiger charge is 2.47. The Bertz CT molecular complexity index is 721. The number of unbranched alkanes of at least 4 members (excludes halogenated alkanes) is 1. The van der Waals surface area contributed by atoms with Gasteiger partial charge < -0.3 is 15.7 Å². The van der Waals surface area contributed by atoms with E-state index >= 15 is 0 Å². The van der Waals surface area contributed by atoms with E-state index in [1.165, 1.54) is 16.7 Å². The molecule has 0 saturated carbocycles. The third-order valence-corrected chi connectivity index (χ3v) is 5.62. The Balaban J connectivity index is 1.40. The number of carboxylic acid groups (broad SMARTS) is 1. The van der Waals surface area contributed by atoms with Gasteiger partial charge in [-0.15, -0.1) is 11.8 Å². The molecule has 1 saturated heterocycles. The first-order valence-electron chi connectivity index (χ1n) is 8.11. The van der Waals surface area contributed by atoms with Crippen molar-refractivity contribution in [2.75, 3.05) is 11.9 Å². The van der Waals surface area contributed by atoms with Crippen LogP contribution in [-0.2, 0) is 9.59 Å². The lowest BCUT2D eigenvalue weighted by Crippen LogP contribution is -2.48. The van der Waals surface area contributed by atoms with E-state index in [2.05, 4.69) is 10.6 Å². The molecule has 0 unspecified atom stereocenters. The maximum Gasteiger partial charge on any atom is 0.353 e. The third kappa shape index (κ3) is 4.13. The van der Waals surface area contributed by atoms with E-state index in [4.69, 9.17) is 12.2 Å². The SMILES string of the molecule is O=C(O)C1=C(CCCCNC(=S)Nc2ccccc2)S[C@@H]2CC(=O)N12. The van der Waals surface area contributed by atoms with Gasteiger partial charge in [0.2, 0.25) is 5.91 Å². The summed E-state index contributed by atoms with van der Waals surface area (Å²) in [6.45, 7) is 0.713. The summed E-state index contributed by atoms with van der Waals surface area (Å²) in [5, 5.41) is 16.2. The zero-order chi connectivity index (χ0) is 17.8. The highest BCUT2D eigenvalue weighted by atomic mass is 32.2. The molecule has 0 aliphatic carbocycles. The minimum absolute atomic E-state index is 0.00521. The van der Waals surface area contributed by atoms with Crippen LogP contribution in [0.25, 0.3) is 0 Å². The number of amides is 1. The second-order valence-corrected chi connectivity index (χ2v) is 7.50. The van der Waals surface area contributed by atoms with E-state index < -0.39 is 5.97 Å². The van der Waals surface area contributed by atoms with Crippen molar-refractivity contribution in [1.29, 1.82) is 0 Å². The lowest BCUT2D eigenvalue weighted by molar-refractivity contribution is -0.145. The number of aliphatic carboxylic acids is 1. The molecule has 8 heteroatoms. The Morgan fingerprint density at radius 2 is 2.08 bits per heavy atom. The van der Waals surface area contributed by atoms with Crippen LogP contribution in [0.15, 0.2) is 40.9 Å². The van der Waals surface area contributed by atoms with Crippen LogP contribution in [0.2, 0.25) is 0 Å². The predicted octanol–water partition coefficient (Wildman–Crippen LogP) is 2.74. The Kier molecular flexibility index (Phi) is 5.60. The topological polar surface area (TPSA) is 81.7 Å². The summed E-state index contributed by atoms with van der Waals surface area (Å²) in [6, 6.07) is 9.70. The van der Waals surface area contributed by atoms with Gasteiger partial charge in [0, 0.05) is 17.1 Å². The number of β-lactam (4-membered cyclic amide) rings is 1. The van der Waals surface area contributed by atoms with Crippen LogP contribution in [0.4, 0.5) is 5.69 Å². The van der Waals surface area contributed by atoms with Gasteiger partial charge in [-0.3, -0.25) is 9.69 Å². The smallest absolute Gasteiger partial charge is 0.353 e. The predicted molar refractivity (Wildman–Crippen MR) is 102 cm³/mol. The molecule has 1 aromatic carbocycles. The van der Waals surface area contributed by atoms with Gasteiger partial charge in [-0.2, -0.15) is 0 Å². The number of nitrogens with one attached hydrogen (secondary N) is 2. The van der Waals surface area contributed by atoms with E-state index in [9.17, 15) is 14.7 Å². The van der Waals surface area contributed by atoms with Crippen LogP contribution in [0.3, 0.4) is 0 Å². The molecule has 132 valence electrons. The maximum absolute atomic E-state index is 11.6. The molecule has 2 aliphatic rings. The molecule has 1 fully saturated rings. The monoisotopic (exact) mass is 377 g/mol. The minimum Gasteiger partial charge on any atom is -0.477 e. The number of hydrogen-bond donors (Lipinski definition) is 3. The fraction of sp³-hybridized carbons (Fsp3) is 0.353. The van der Waals surface area contributed by atoms with Crippen molar-refractivity contribution in [1.82, 2.24) is 10.2 Å². The Labute approximate surface area is 155 Å². The number of fused-ring (bicyclic) bond motifs is 1. The van der Waals surface area contributed by atoms with Gasteiger partial charge in [-0.1, -0.05) is 18.2 Å². The molecule has 3 N–H and O–H groups in total. The van der Waals surface area contributed by atoms with Crippen molar-refractivity contribution in [2.45, 2.75) is 31.1 Å². The van der Waals surface area contributed by atoms with E-state index in [1.54, 1.807) is 0 Å². The molecule has 1 aromatic rings. The number of allylic oxidation sites excluding steroid dienone is 1. The zero-order valence-electron chi connectivity index (χ0n) is 13.5. The average molecular weight is 377 g/mol. The van der Waals surface area contributed by atoms with Crippen LogP contribution in [0.1, 0.15) is 25.7 Å². The molecule has 1 amide bonds. The minimum atomic E-state index is -1.01. The first kappa shape index (κ1) is 17.8. The number of rotatable bonds is 7. The van der Waals surface area contributed by atoms with Crippen molar-refractivity contribution in [3.63, 3.8) is 0 Å². The van der Waals surface area contributed by atoms with Gasteiger partial charge in [-0.25, -0.2) is 4.79 Å². The summed E-state index contributed by atoms with van der Waals surface area (Å²) in [7, 11) is 0. The van der Waals surface area contributed by atoms with Gasteiger partial charge in [-0.05, 0) is 43.6 Å². The van der Waals surface area contributed by atoms with E-state index in [1.807, 2.05) is 30.3 Å². The first-order chi connectivity index (χ1) is 12.1. The number of para-hydroxylation sites is 1. The van der Waals surface area contributed by atoms with Gasteiger partial charge in [0.05, 0.1) is 11.8 Å². The Morgan fingerprint density at radius 3 is 2.76 bits per heavy atom. The van der Waals surface area contributed by atoms with E-state index in [0.717, 1.165) is 23.4 Å². The molecule has 2 heterocycles. The number of thioether (sulfide) groups is 1. The summed E-state index contributed by atoms with van der Waals surface area (Å²) < 4.78 is 0. The van der Waals surface area contributed by atoms with Crippen molar-refractivity contribution < 1.29 is 14.7 Å². The van der Waals surface area contributed by atoms with Crippen molar-refractivity contribution in [2.24, 2.45) is 0 Å². The molecule has 2 aliphatic heterocycles. The molecule has 0 bridgehead atoms. The van der Waals surface area contributed by atoms with Gasteiger partial charge in [0.15, 0.2) is 5.11 Å². The Morgan fingerprint density at radius 1 is 1.32 bits per heavy atom. The van der Waals surface area contributed by atoms with Crippen molar-refractivity contribution in [3.05, 3.63) is 40.9 Å². The van der Waals surface area contributed by atoms with Gasteiger partial charge in [0.25, 0.3) is 0 Å². The Hall–Kier alpha value is -2.06. The lowest BCUT2D eigenvalue weighted by Gasteiger charge is -2.33. The molecule has 0 spiro atoms. The van der Waals surface area contributed by atoms with E-state index in [-0.39, 0.29) is 17.0 Å². The first-order valence-corrected chi connectivity index (χ1v) is 9.40. The van der Waals surface area contributed by atoms with Gasteiger partial charge in [0.1, 0.15) is 5.70 Å². The number of thiocarbonyl (C=S) groups is 1. The molecule has 25 heavy (non-hydrogen) atoms. The van der Waals surface area contributed by atoms with E-state index in [0.29, 0.717) is 24.5 Å². The molecule has 1 atom stereocenters. The second-order valence-electron chi connectivity index (χ2n) is 5.82. The molecule has 0 radical (unpaired) electrons. The molecule has 3 rings (SSSR count). The largest absolute Gasteiger partial charge is 0.477 e. The molecular formula is C17H19N3O3S2. The number of hydrogen-bond acceptors (Lipinski definition) is 4. The summed E-state index contributed by atoms with van der Waals surface area (Å²) in [5.74, 6) is -1.10. The normalized spacial score (nSPS) is 18.6. The van der Waals surface area contributed by atoms with Crippen molar-refractivity contribution >= 4 is 46.7 Å². The summed E-state index contributed by atoms with van der Waals surface area (Å²) in [6.07, 6.45) is 2.82. The summed E-state index contributed by atoms with van der Waals surface area (Å²) >= 11 is 6.75. The van der Waals surface area contributed by atoms with Crippen LogP contribution < -0.4 is 10.6 Å². The molecule has 6 nitrogen and oxygen atoms in total. The van der Waals surface area contributed by atoms with Crippen LogP contribution in [0.5, 0.6) is 0 Å². The van der Waals surface area contributed by atoms with Crippen LogP contribution in [-0.4, -0.2) is 38.9 Å². The highest BCUT2D eigenvalue weighted by molar-refractivity contribution is 8.04. The fourth-order valence-electron chi connectivity index (χ4n) is 2.81. The number of benzene rings is 1. The number of anilines is 1. The number of nitrogens with zero attached hydrogens (tertiary/aromatic N) is 1. The third-order valence-electron chi connectivity index (χ3n) is 4.04. The number of carboxylic acids is 1. The maximum atomic E-state index is 11.6. The van der Waals surface area contributed by atoms with Gasteiger partial charge >= 0.3 is 5.97 Å². The average Bonchev–Trinajstić information content (AvgIpc) is 2.88. The molecule has 0 aromatic heterocycles. The zero-order valence-corrected chi connectivity index (χ0v) is 15.2. The highest BCUT2D eigenvalue weighted by Crippen LogP contribution is 2.47. The standard InChI is InChI=1S/C17H19N3O3S2/c21-13-10-14-20(13)15(16(22)23)12(25-14)8-4-5-9-18-17(24)19-11-6-2-1-3-7-11/h1-3,6-7,14H,4-5,8-10H2,(H,22,23)(H2,18,19,24)/t14-/m1/s1.